The predicted octanol–water partition coefficient (Wildman–Crippen LogP) is 4.51. The molecule has 2 rings (SSSR count). The van der Waals surface area contributed by atoms with E-state index in [0.717, 1.165) is 0 Å². The van der Waals surface area contributed by atoms with E-state index in [1.54, 1.807) is 30.3 Å². The molecule has 0 aliphatic rings. The maximum atomic E-state index is 13.4. The van der Waals surface area contributed by atoms with Gasteiger partial charge in [0.15, 0.2) is 0 Å². The highest BCUT2D eigenvalue weighted by atomic mass is 35.5. The summed E-state index contributed by atoms with van der Waals surface area (Å²) in [5.41, 5.74) is 0.442. The predicted molar refractivity (Wildman–Crippen MR) is 66.0 cm³/mol. The molecule has 1 nitrogen and oxygen atoms in total. The van der Waals surface area contributed by atoms with Crippen LogP contribution in [0.2, 0.25) is 10.0 Å². The molecule has 0 aromatic heterocycles. The standard InChI is InChI=1S/C13H8Cl2FO/c14-10-3-5-12(6-4-10)17-8-9-1-2-11(15)7-13(9)16/h1-5,7H,8H2. The van der Waals surface area contributed by atoms with Crippen molar-refractivity contribution in [1.29, 1.82) is 0 Å². The second kappa shape index (κ2) is 5.39. The molecular formula is C13H8Cl2FO. The molecule has 0 atom stereocenters. The molecule has 0 saturated carbocycles. The van der Waals surface area contributed by atoms with Crippen molar-refractivity contribution in [3.63, 3.8) is 0 Å². The molecular weight excluding hydrogens is 262 g/mol. The molecule has 0 saturated heterocycles. The van der Waals surface area contributed by atoms with E-state index in [-0.39, 0.29) is 12.4 Å². The molecule has 2 aromatic carbocycles. The van der Waals surface area contributed by atoms with Gasteiger partial charge in [0.1, 0.15) is 18.2 Å². The summed E-state index contributed by atoms with van der Waals surface area (Å²) in [7, 11) is 0. The summed E-state index contributed by atoms with van der Waals surface area (Å²) in [5.74, 6) is 0.134. The van der Waals surface area contributed by atoms with Crippen molar-refractivity contribution in [2.45, 2.75) is 6.61 Å². The van der Waals surface area contributed by atoms with Crippen LogP contribution >= 0.6 is 23.2 Å². The summed E-state index contributed by atoms with van der Waals surface area (Å²) >= 11 is 11.4. The first-order chi connectivity index (χ1) is 8.15. The van der Waals surface area contributed by atoms with Gasteiger partial charge >= 0.3 is 0 Å². The van der Waals surface area contributed by atoms with Gasteiger partial charge < -0.3 is 4.74 Å². The topological polar surface area (TPSA) is 9.23 Å². The van der Waals surface area contributed by atoms with E-state index in [1.165, 1.54) is 6.07 Å². The van der Waals surface area contributed by atoms with Crippen LogP contribution in [0.4, 0.5) is 4.39 Å². The minimum Gasteiger partial charge on any atom is -0.488 e. The number of rotatable bonds is 3. The van der Waals surface area contributed by atoms with Crippen LogP contribution in [0.25, 0.3) is 0 Å². The average Bonchev–Trinajstić information content (AvgIpc) is 2.30. The molecule has 0 N–H and O–H groups in total. The first-order valence-electron chi connectivity index (χ1n) is 4.89. The SMILES string of the molecule is Fc1cc(Cl)ccc1COc1[c]cc(Cl)cc1. The van der Waals surface area contributed by atoms with Crippen LogP contribution in [-0.4, -0.2) is 0 Å². The maximum absolute atomic E-state index is 13.4. The van der Waals surface area contributed by atoms with E-state index in [2.05, 4.69) is 6.07 Å². The molecule has 0 spiro atoms. The quantitative estimate of drug-likeness (QED) is 0.797. The van der Waals surface area contributed by atoms with Crippen LogP contribution < -0.4 is 4.74 Å². The number of halogens is 3. The second-order valence-electron chi connectivity index (χ2n) is 3.40. The molecule has 1 radical (unpaired) electrons. The molecule has 2 aromatic rings. The lowest BCUT2D eigenvalue weighted by molar-refractivity contribution is 0.299. The van der Waals surface area contributed by atoms with Gasteiger partial charge in [0.25, 0.3) is 0 Å². The summed E-state index contributed by atoms with van der Waals surface area (Å²) in [6.45, 7) is 0.126. The Kier molecular flexibility index (Phi) is 3.87. The fraction of sp³-hybridized carbons (Fsp3) is 0.0769. The average molecular weight is 270 g/mol. The number of hydrogen-bond acceptors (Lipinski definition) is 1. The highest BCUT2D eigenvalue weighted by Gasteiger charge is 2.04. The van der Waals surface area contributed by atoms with Crippen molar-refractivity contribution >= 4 is 23.2 Å². The van der Waals surface area contributed by atoms with E-state index < -0.39 is 0 Å². The van der Waals surface area contributed by atoms with Crippen molar-refractivity contribution < 1.29 is 9.13 Å². The first-order valence-corrected chi connectivity index (χ1v) is 5.65. The van der Waals surface area contributed by atoms with Gasteiger partial charge in [-0.1, -0.05) is 29.3 Å². The van der Waals surface area contributed by atoms with Crippen molar-refractivity contribution in [3.05, 3.63) is 63.9 Å². The Bertz CT molecular complexity index is 511. The number of benzene rings is 2. The van der Waals surface area contributed by atoms with Crippen LogP contribution in [0.3, 0.4) is 0 Å². The van der Waals surface area contributed by atoms with Crippen molar-refractivity contribution in [2.75, 3.05) is 0 Å². The van der Waals surface area contributed by atoms with Gasteiger partial charge in [-0.15, -0.1) is 0 Å². The Hall–Kier alpha value is -1.25. The van der Waals surface area contributed by atoms with Crippen LogP contribution in [0.15, 0.2) is 36.4 Å². The Labute approximate surface area is 109 Å². The molecule has 0 unspecified atom stereocenters. The Balaban J connectivity index is 2.04. The Morgan fingerprint density at radius 1 is 1.12 bits per heavy atom. The van der Waals surface area contributed by atoms with Crippen molar-refractivity contribution in [2.24, 2.45) is 0 Å². The number of ether oxygens (including phenoxy) is 1. The van der Waals surface area contributed by atoms with Crippen molar-refractivity contribution in [1.82, 2.24) is 0 Å². The largest absolute Gasteiger partial charge is 0.488 e. The molecule has 0 fully saturated rings. The van der Waals surface area contributed by atoms with E-state index >= 15 is 0 Å². The normalized spacial score (nSPS) is 10.3. The van der Waals surface area contributed by atoms with Gasteiger partial charge in [-0.2, -0.15) is 0 Å². The maximum Gasteiger partial charge on any atom is 0.131 e. The van der Waals surface area contributed by atoms with E-state index in [4.69, 9.17) is 27.9 Å². The molecule has 17 heavy (non-hydrogen) atoms. The molecule has 0 aliphatic heterocycles. The van der Waals surface area contributed by atoms with E-state index in [9.17, 15) is 4.39 Å². The molecule has 0 amide bonds. The summed E-state index contributed by atoms with van der Waals surface area (Å²) in [5, 5.41) is 0.944. The third kappa shape index (κ3) is 3.35. The van der Waals surface area contributed by atoms with Crippen LogP contribution in [0.5, 0.6) is 5.75 Å². The van der Waals surface area contributed by atoms with Gasteiger partial charge in [-0.25, -0.2) is 4.39 Å². The zero-order chi connectivity index (χ0) is 12.3. The molecule has 0 bridgehead atoms. The monoisotopic (exact) mass is 269 g/mol. The Morgan fingerprint density at radius 3 is 2.53 bits per heavy atom. The summed E-state index contributed by atoms with van der Waals surface area (Å²) < 4.78 is 18.8. The smallest absolute Gasteiger partial charge is 0.131 e. The van der Waals surface area contributed by atoms with Crippen LogP contribution in [0.1, 0.15) is 5.56 Å². The van der Waals surface area contributed by atoms with Crippen LogP contribution in [0, 0.1) is 11.9 Å². The zero-order valence-corrected chi connectivity index (χ0v) is 10.2. The van der Waals surface area contributed by atoms with Crippen molar-refractivity contribution in [3.8, 4) is 5.75 Å². The van der Waals surface area contributed by atoms with Gasteiger partial charge in [-0.3, -0.25) is 0 Å². The molecule has 87 valence electrons. The molecule has 0 aliphatic carbocycles. The highest BCUT2D eigenvalue weighted by molar-refractivity contribution is 6.30. The minimum absolute atomic E-state index is 0.126. The fourth-order valence-electron chi connectivity index (χ4n) is 1.28. The first kappa shape index (κ1) is 12.2. The van der Waals surface area contributed by atoms with E-state index in [0.29, 0.717) is 21.4 Å². The molecule has 0 heterocycles. The van der Waals surface area contributed by atoms with Gasteiger partial charge in [0.2, 0.25) is 0 Å². The van der Waals surface area contributed by atoms with Gasteiger partial charge in [-0.05, 0) is 30.3 Å². The lowest BCUT2D eigenvalue weighted by atomic mass is 10.2. The Morgan fingerprint density at radius 2 is 1.88 bits per heavy atom. The lowest BCUT2D eigenvalue weighted by Gasteiger charge is -2.07. The third-order valence-electron chi connectivity index (χ3n) is 2.14. The lowest BCUT2D eigenvalue weighted by Crippen LogP contribution is -1.98. The van der Waals surface area contributed by atoms with Gasteiger partial charge in [0, 0.05) is 21.7 Å². The summed E-state index contributed by atoms with van der Waals surface area (Å²) in [6.07, 6.45) is 0. The zero-order valence-electron chi connectivity index (χ0n) is 8.71. The second-order valence-corrected chi connectivity index (χ2v) is 4.27. The van der Waals surface area contributed by atoms with Crippen LogP contribution in [-0.2, 0) is 6.61 Å². The fourth-order valence-corrected chi connectivity index (χ4v) is 1.55. The minimum atomic E-state index is -0.383. The highest BCUT2D eigenvalue weighted by Crippen LogP contribution is 2.19. The molecule has 4 heteroatoms. The van der Waals surface area contributed by atoms with Gasteiger partial charge in [0.05, 0.1) is 0 Å². The summed E-state index contributed by atoms with van der Waals surface area (Å²) in [6, 6.07) is 12.3. The van der Waals surface area contributed by atoms with E-state index in [1.807, 2.05) is 0 Å². The number of hydrogen-bond donors (Lipinski definition) is 0. The summed E-state index contributed by atoms with van der Waals surface area (Å²) in [4.78, 5) is 0. The third-order valence-corrected chi connectivity index (χ3v) is 2.61.